The number of benzene rings is 1. The third-order valence-corrected chi connectivity index (χ3v) is 4.87. The summed E-state index contributed by atoms with van der Waals surface area (Å²) >= 11 is 0. The van der Waals surface area contributed by atoms with Crippen molar-refractivity contribution in [3.8, 4) is 0 Å². The van der Waals surface area contributed by atoms with Crippen LogP contribution in [0.4, 0.5) is 0 Å². The monoisotopic (exact) mass is 329 g/mol. The van der Waals surface area contributed by atoms with Crippen LogP contribution in [0.25, 0.3) is 0 Å². The zero-order valence-corrected chi connectivity index (χ0v) is 14.0. The van der Waals surface area contributed by atoms with Gasteiger partial charge in [0.15, 0.2) is 11.3 Å². The van der Waals surface area contributed by atoms with Gasteiger partial charge in [0.2, 0.25) is 5.91 Å². The fourth-order valence-corrected chi connectivity index (χ4v) is 3.47. The van der Waals surface area contributed by atoms with Crippen molar-refractivity contribution in [1.29, 1.82) is 0 Å². The van der Waals surface area contributed by atoms with Gasteiger partial charge in [0.1, 0.15) is 0 Å². The van der Waals surface area contributed by atoms with Gasteiger partial charge < -0.3 is 16.0 Å². The largest absolute Gasteiger partial charge is 0.343 e. The summed E-state index contributed by atoms with van der Waals surface area (Å²) in [6, 6.07) is 9.36. The molecule has 2 aliphatic heterocycles. The number of carbonyl (C=O) groups excluding carboxylic acids is 3. The molecule has 0 radical (unpaired) electrons. The van der Waals surface area contributed by atoms with Gasteiger partial charge in [-0.3, -0.25) is 14.4 Å². The van der Waals surface area contributed by atoms with Gasteiger partial charge in [0, 0.05) is 13.1 Å². The van der Waals surface area contributed by atoms with E-state index in [1.165, 1.54) is 0 Å². The molecular formula is C18H23N3O3. The molecule has 3 N–H and O–H groups in total. The quantitative estimate of drug-likeness (QED) is 0.682. The van der Waals surface area contributed by atoms with Gasteiger partial charge in [0.05, 0.1) is 12.0 Å². The Labute approximate surface area is 141 Å². The molecule has 0 bridgehead atoms. The van der Waals surface area contributed by atoms with E-state index in [0.717, 1.165) is 5.56 Å². The summed E-state index contributed by atoms with van der Waals surface area (Å²) in [6.45, 7) is 4.86. The summed E-state index contributed by atoms with van der Waals surface area (Å²) in [5, 5.41) is 8.65. The number of carbonyl (C=O) groups is 3. The fourth-order valence-electron chi connectivity index (χ4n) is 3.47. The summed E-state index contributed by atoms with van der Waals surface area (Å²) in [7, 11) is 0. The van der Waals surface area contributed by atoms with Gasteiger partial charge in [-0.25, -0.2) is 0 Å². The molecule has 6 nitrogen and oxygen atoms in total. The number of hydrogen-bond acceptors (Lipinski definition) is 4. The van der Waals surface area contributed by atoms with Crippen molar-refractivity contribution in [3.63, 3.8) is 0 Å². The summed E-state index contributed by atoms with van der Waals surface area (Å²) in [5.41, 5.74) is -0.245. The number of rotatable bonds is 5. The molecule has 6 heteroatoms. The minimum atomic E-state index is -1.37. The lowest BCUT2D eigenvalue weighted by Gasteiger charge is -2.19. The predicted molar refractivity (Wildman–Crippen MR) is 88.9 cm³/mol. The smallest absolute Gasteiger partial charge is 0.254 e. The van der Waals surface area contributed by atoms with Gasteiger partial charge in [-0.2, -0.15) is 0 Å². The molecule has 2 amide bonds. The van der Waals surface area contributed by atoms with Crippen molar-refractivity contribution in [2.24, 2.45) is 11.8 Å². The Hall–Kier alpha value is -2.21. The van der Waals surface area contributed by atoms with Crippen LogP contribution in [0.15, 0.2) is 30.3 Å². The van der Waals surface area contributed by atoms with E-state index in [4.69, 9.17) is 0 Å². The molecule has 0 aliphatic carbocycles. The van der Waals surface area contributed by atoms with Crippen LogP contribution in [-0.4, -0.2) is 35.7 Å². The molecule has 3 rings (SSSR count). The predicted octanol–water partition coefficient (Wildman–Crippen LogP) is 0.375. The summed E-state index contributed by atoms with van der Waals surface area (Å²) in [6.07, 6.45) is 0.224. The second kappa shape index (κ2) is 6.36. The Kier molecular flexibility index (Phi) is 4.41. The zero-order valence-electron chi connectivity index (χ0n) is 14.0. The summed E-state index contributed by atoms with van der Waals surface area (Å²) < 4.78 is 0. The molecule has 2 saturated heterocycles. The minimum absolute atomic E-state index is 0.00739. The number of Topliss-reactive ketones (excluding diaryl/α,β-unsaturated/α-hetero) is 1. The van der Waals surface area contributed by atoms with E-state index in [9.17, 15) is 14.4 Å². The third-order valence-electron chi connectivity index (χ3n) is 4.87. The van der Waals surface area contributed by atoms with Gasteiger partial charge in [-0.15, -0.1) is 0 Å². The SMILES string of the molecule is CC(C)[C@@H]1NC(=O)[C@]2(C[C@@H](CNCc3ccccc3)C(=O)N2)C1=O. The van der Waals surface area contributed by atoms with E-state index in [2.05, 4.69) is 16.0 Å². The molecule has 3 atom stereocenters. The molecule has 1 spiro atoms. The van der Waals surface area contributed by atoms with Crippen molar-refractivity contribution in [2.75, 3.05) is 6.54 Å². The molecule has 0 saturated carbocycles. The molecule has 128 valence electrons. The van der Waals surface area contributed by atoms with E-state index in [-0.39, 0.29) is 35.9 Å². The first-order chi connectivity index (χ1) is 11.4. The molecule has 2 aliphatic rings. The van der Waals surface area contributed by atoms with Crippen LogP contribution in [0.3, 0.4) is 0 Å². The van der Waals surface area contributed by atoms with Crippen LogP contribution in [0.5, 0.6) is 0 Å². The second-order valence-corrected chi connectivity index (χ2v) is 6.97. The summed E-state index contributed by atoms with van der Waals surface area (Å²) in [5.74, 6) is -1.18. The number of nitrogens with one attached hydrogen (secondary N) is 3. The van der Waals surface area contributed by atoms with Crippen LogP contribution < -0.4 is 16.0 Å². The highest BCUT2D eigenvalue weighted by molar-refractivity contribution is 6.21. The van der Waals surface area contributed by atoms with Gasteiger partial charge in [-0.05, 0) is 17.9 Å². The fraction of sp³-hybridized carbons (Fsp3) is 0.500. The molecular weight excluding hydrogens is 306 g/mol. The van der Waals surface area contributed by atoms with Crippen LogP contribution in [0, 0.1) is 11.8 Å². The lowest BCUT2D eigenvalue weighted by Crippen LogP contribution is -2.52. The van der Waals surface area contributed by atoms with Crippen molar-refractivity contribution in [2.45, 2.75) is 38.4 Å². The number of amides is 2. The number of hydrogen-bond donors (Lipinski definition) is 3. The Balaban J connectivity index is 1.63. The van der Waals surface area contributed by atoms with Gasteiger partial charge in [0.25, 0.3) is 5.91 Å². The maximum atomic E-state index is 12.6. The average Bonchev–Trinajstić information content (AvgIpc) is 3.01. The van der Waals surface area contributed by atoms with E-state index in [1.54, 1.807) is 0 Å². The Morgan fingerprint density at radius 1 is 1.21 bits per heavy atom. The van der Waals surface area contributed by atoms with Crippen molar-refractivity contribution in [3.05, 3.63) is 35.9 Å². The average molecular weight is 329 g/mol. The van der Waals surface area contributed by atoms with E-state index in [0.29, 0.717) is 13.1 Å². The summed E-state index contributed by atoms with van der Waals surface area (Å²) in [4.78, 5) is 37.3. The molecule has 24 heavy (non-hydrogen) atoms. The Morgan fingerprint density at radius 2 is 1.92 bits per heavy atom. The van der Waals surface area contributed by atoms with Gasteiger partial charge >= 0.3 is 0 Å². The normalized spacial score (nSPS) is 29.4. The lowest BCUT2D eigenvalue weighted by atomic mass is 9.86. The molecule has 2 fully saturated rings. The third kappa shape index (κ3) is 2.82. The molecule has 1 aromatic carbocycles. The van der Waals surface area contributed by atoms with Crippen LogP contribution >= 0.6 is 0 Å². The minimum Gasteiger partial charge on any atom is -0.343 e. The van der Waals surface area contributed by atoms with Gasteiger partial charge in [-0.1, -0.05) is 44.2 Å². The van der Waals surface area contributed by atoms with Crippen molar-refractivity contribution < 1.29 is 14.4 Å². The lowest BCUT2D eigenvalue weighted by molar-refractivity contribution is -0.133. The van der Waals surface area contributed by atoms with Crippen LogP contribution in [0.2, 0.25) is 0 Å². The topological polar surface area (TPSA) is 87.3 Å². The van der Waals surface area contributed by atoms with E-state index < -0.39 is 11.6 Å². The number of ketones is 1. The maximum absolute atomic E-state index is 12.6. The molecule has 2 heterocycles. The first-order valence-electron chi connectivity index (χ1n) is 8.36. The highest BCUT2D eigenvalue weighted by Crippen LogP contribution is 2.32. The van der Waals surface area contributed by atoms with Crippen molar-refractivity contribution in [1.82, 2.24) is 16.0 Å². The first kappa shape index (κ1) is 16.6. The van der Waals surface area contributed by atoms with E-state index in [1.807, 2.05) is 44.2 Å². The Bertz CT molecular complexity index is 659. The standard InChI is InChI=1S/C18H23N3O3/c1-11(2)14-15(22)18(17(24)20-14)8-13(16(23)21-18)10-19-9-12-6-4-3-5-7-12/h3-7,11,13-14,19H,8-10H2,1-2H3,(H,20,24)(H,21,23)/t13-,14-,18-/m0/s1. The maximum Gasteiger partial charge on any atom is 0.254 e. The first-order valence-corrected chi connectivity index (χ1v) is 8.36. The molecule has 0 unspecified atom stereocenters. The van der Waals surface area contributed by atoms with Crippen LogP contribution in [-0.2, 0) is 20.9 Å². The molecule has 0 aromatic heterocycles. The Morgan fingerprint density at radius 3 is 2.54 bits per heavy atom. The zero-order chi connectivity index (χ0) is 17.3. The van der Waals surface area contributed by atoms with Crippen LogP contribution in [0.1, 0.15) is 25.8 Å². The highest BCUT2D eigenvalue weighted by atomic mass is 16.2. The van der Waals surface area contributed by atoms with Crippen molar-refractivity contribution >= 4 is 17.6 Å². The second-order valence-electron chi connectivity index (χ2n) is 6.97. The highest BCUT2D eigenvalue weighted by Gasteiger charge is 2.61. The molecule has 1 aromatic rings. The van der Waals surface area contributed by atoms with E-state index >= 15 is 0 Å².